The minimum absolute atomic E-state index is 0.461. The fourth-order valence-corrected chi connectivity index (χ4v) is 4.11. The lowest BCUT2D eigenvalue weighted by molar-refractivity contribution is 0.284. The van der Waals surface area contributed by atoms with Crippen LogP contribution in [0.1, 0.15) is 16.8 Å². The van der Waals surface area contributed by atoms with E-state index < -0.39 is 0 Å². The first-order chi connectivity index (χ1) is 14.7. The Kier molecular flexibility index (Phi) is 6.40. The van der Waals surface area contributed by atoms with E-state index in [4.69, 9.17) is 14.0 Å². The number of methoxy groups -OCH3 is 1. The van der Waals surface area contributed by atoms with Crippen LogP contribution in [-0.4, -0.2) is 12.3 Å². The molecule has 1 aromatic heterocycles. The third-order valence-electron chi connectivity index (χ3n) is 4.63. The normalized spacial score (nSPS) is 10.7. The summed E-state index contributed by atoms with van der Waals surface area (Å²) in [6, 6.07) is 26.4. The van der Waals surface area contributed by atoms with Crippen LogP contribution in [0, 0.1) is 6.92 Å². The average molecular weight is 418 g/mol. The van der Waals surface area contributed by atoms with Gasteiger partial charge in [0.25, 0.3) is 0 Å². The summed E-state index contributed by atoms with van der Waals surface area (Å²) in [5.74, 6) is 2.93. The van der Waals surface area contributed by atoms with E-state index in [1.54, 1.807) is 18.9 Å². The number of aryl methyl sites for hydroxylation is 1. The Hall–Kier alpha value is -3.18. The minimum atomic E-state index is 0.461. The summed E-state index contributed by atoms with van der Waals surface area (Å²) in [6.07, 6.45) is 0. The SMILES string of the molecule is COc1cc(SCc2ccccc2)c(-c2cc(C)no2)cc1OCc1ccccc1. The molecule has 5 heteroatoms. The highest BCUT2D eigenvalue weighted by Gasteiger charge is 2.17. The van der Waals surface area contributed by atoms with E-state index in [0.717, 1.165) is 33.2 Å². The third-order valence-corrected chi connectivity index (χ3v) is 5.76. The quantitative estimate of drug-likeness (QED) is 0.305. The van der Waals surface area contributed by atoms with Crippen LogP contribution in [-0.2, 0) is 12.4 Å². The van der Waals surface area contributed by atoms with Crippen molar-refractivity contribution in [3.8, 4) is 22.8 Å². The fourth-order valence-electron chi connectivity index (χ4n) is 3.09. The van der Waals surface area contributed by atoms with Gasteiger partial charge < -0.3 is 14.0 Å². The summed E-state index contributed by atoms with van der Waals surface area (Å²) >= 11 is 1.73. The number of hydrogen-bond acceptors (Lipinski definition) is 5. The first-order valence-corrected chi connectivity index (χ1v) is 10.7. The second-order valence-electron chi connectivity index (χ2n) is 6.88. The van der Waals surface area contributed by atoms with Gasteiger partial charge >= 0.3 is 0 Å². The zero-order valence-electron chi connectivity index (χ0n) is 17.0. The van der Waals surface area contributed by atoms with Crippen molar-refractivity contribution in [1.29, 1.82) is 0 Å². The van der Waals surface area contributed by atoms with Gasteiger partial charge in [0.2, 0.25) is 0 Å². The zero-order chi connectivity index (χ0) is 20.8. The molecule has 0 unspecified atom stereocenters. The molecular weight excluding hydrogens is 394 g/mol. The Labute approximate surface area is 180 Å². The first-order valence-electron chi connectivity index (χ1n) is 9.72. The van der Waals surface area contributed by atoms with Crippen LogP contribution in [0.4, 0.5) is 0 Å². The third kappa shape index (κ3) is 4.86. The van der Waals surface area contributed by atoms with Crippen LogP contribution < -0.4 is 9.47 Å². The van der Waals surface area contributed by atoms with E-state index in [1.165, 1.54) is 5.56 Å². The van der Waals surface area contributed by atoms with Gasteiger partial charge in [-0.3, -0.25) is 0 Å². The summed E-state index contributed by atoms with van der Waals surface area (Å²) in [7, 11) is 1.66. The van der Waals surface area contributed by atoms with Gasteiger partial charge in [-0.05, 0) is 30.2 Å². The molecule has 4 rings (SSSR count). The topological polar surface area (TPSA) is 44.5 Å². The number of thioether (sulfide) groups is 1. The van der Waals surface area contributed by atoms with Crippen molar-refractivity contribution in [2.45, 2.75) is 24.2 Å². The predicted molar refractivity (Wildman–Crippen MR) is 120 cm³/mol. The number of ether oxygens (including phenoxy) is 2. The molecule has 0 N–H and O–H groups in total. The van der Waals surface area contributed by atoms with E-state index in [-0.39, 0.29) is 0 Å². The summed E-state index contributed by atoms with van der Waals surface area (Å²) in [6.45, 7) is 2.38. The van der Waals surface area contributed by atoms with Crippen molar-refractivity contribution >= 4 is 11.8 Å². The molecule has 0 fully saturated rings. The second-order valence-corrected chi connectivity index (χ2v) is 7.90. The highest BCUT2D eigenvalue weighted by atomic mass is 32.2. The first kappa shape index (κ1) is 20.1. The van der Waals surface area contributed by atoms with Gasteiger partial charge in [-0.25, -0.2) is 0 Å². The van der Waals surface area contributed by atoms with Gasteiger partial charge in [-0.1, -0.05) is 65.8 Å². The lowest BCUT2D eigenvalue weighted by Crippen LogP contribution is -1.99. The average Bonchev–Trinajstić information content (AvgIpc) is 3.23. The Morgan fingerprint density at radius 2 is 1.57 bits per heavy atom. The second kappa shape index (κ2) is 9.55. The van der Waals surface area contributed by atoms with Gasteiger partial charge in [-0.2, -0.15) is 0 Å². The standard InChI is InChI=1S/C25H23NO3S/c1-18-13-22(29-26-18)21-14-24(28-16-19-9-5-3-6-10-19)23(27-2)15-25(21)30-17-20-11-7-4-8-12-20/h3-15H,16-17H2,1-2H3. The van der Waals surface area contributed by atoms with Crippen molar-refractivity contribution in [2.75, 3.05) is 7.11 Å². The van der Waals surface area contributed by atoms with Crippen LogP contribution in [0.15, 0.2) is 88.3 Å². The van der Waals surface area contributed by atoms with Crippen LogP contribution in [0.3, 0.4) is 0 Å². The van der Waals surface area contributed by atoms with E-state index in [0.29, 0.717) is 18.1 Å². The maximum Gasteiger partial charge on any atom is 0.168 e. The summed E-state index contributed by atoms with van der Waals surface area (Å²) in [5, 5.41) is 4.06. The molecule has 0 spiro atoms. The monoisotopic (exact) mass is 417 g/mol. The fraction of sp³-hybridized carbons (Fsp3) is 0.160. The zero-order valence-corrected chi connectivity index (χ0v) is 17.8. The predicted octanol–water partition coefficient (Wildman–Crippen LogP) is 6.53. The maximum atomic E-state index is 6.10. The van der Waals surface area contributed by atoms with Crippen molar-refractivity contribution < 1.29 is 14.0 Å². The molecule has 0 aliphatic carbocycles. The molecule has 0 radical (unpaired) electrons. The van der Waals surface area contributed by atoms with Gasteiger partial charge in [0.05, 0.1) is 12.8 Å². The summed E-state index contributed by atoms with van der Waals surface area (Å²) in [4.78, 5) is 1.05. The van der Waals surface area contributed by atoms with Crippen LogP contribution >= 0.6 is 11.8 Å². The van der Waals surface area contributed by atoms with Crippen LogP contribution in [0.2, 0.25) is 0 Å². The van der Waals surface area contributed by atoms with Gasteiger partial charge in [0.1, 0.15) is 6.61 Å². The maximum absolute atomic E-state index is 6.10. The molecule has 0 amide bonds. The molecule has 0 saturated carbocycles. The lowest BCUT2D eigenvalue weighted by Gasteiger charge is -2.15. The van der Waals surface area contributed by atoms with Gasteiger partial charge in [0, 0.05) is 22.3 Å². The highest BCUT2D eigenvalue weighted by molar-refractivity contribution is 7.98. The van der Waals surface area contributed by atoms with Crippen molar-refractivity contribution in [3.05, 3.63) is 95.7 Å². The van der Waals surface area contributed by atoms with E-state index in [2.05, 4.69) is 29.4 Å². The molecule has 30 heavy (non-hydrogen) atoms. The van der Waals surface area contributed by atoms with Crippen LogP contribution in [0.5, 0.6) is 11.5 Å². The van der Waals surface area contributed by atoms with Crippen LogP contribution in [0.25, 0.3) is 11.3 Å². The molecule has 1 heterocycles. The number of aromatic nitrogens is 1. The summed E-state index contributed by atoms with van der Waals surface area (Å²) < 4.78 is 17.3. The molecule has 0 aliphatic rings. The Balaban J connectivity index is 1.65. The Morgan fingerprint density at radius 3 is 2.20 bits per heavy atom. The van der Waals surface area contributed by atoms with E-state index >= 15 is 0 Å². The number of benzene rings is 3. The molecule has 4 aromatic rings. The van der Waals surface area contributed by atoms with Crippen molar-refractivity contribution in [3.63, 3.8) is 0 Å². The summed E-state index contributed by atoms with van der Waals surface area (Å²) in [5.41, 5.74) is 4.14. The van der Waals surface area contributed by atoms with E-state index in [1.807, 2.05) is 61.5 Å². The largest absolute Gasteiger partial charge is 0.493 e. The lowest BCUT2D eigenvalue weighted by atomic mass is 10.1. The molecular formula is C25H23NO3S. The molecule has 4 nitrogen and oxygen atoms in total. The molecule has 0 aliphatic heterocycles. The molecule has 0 atom stereocenters. The Bertz CT molecular complexity index is 1090. The minimum Gasteiger partial charge on any atom is -0.493 e. The van der Waals surface area contributed by atoms with Crippen molar-refractivity contribution in [2.24, 2.45) is 0 Å². The van der Waals surface area contributed by atoms with Crippen molar-refractivity contribution in [1.82, 2.24) is 5.16 Å². The molecule has 0 bridgehead atoms. The molecule has 0 saturated heterocycles. The van der Waals surface area contributed by atoms with Gasteiger partial charge in [0.15, 0.2) is 17.3 Å². The number of nitrogens with zero attached hydrogens (tertiary/aromatic N) is 1. The molecule has 152 valence electrons. The number of rotatable bonds is 8. The van der Waals surface area contributed by atoms with E-state index in [9.17, 15) is 0 Å². The number of hydrogen-bond donors (Lipinski definition) is 0. The molecule has 3 aromatic carbocycles. The smallest absolute Gasteiger partial charge is 0.168 e. The Morgan fingerprint density at radius 1 is 0.867 bits per heavy atom. The highest BCUT2D eigenvalue weighted by Crippen LogP contribution is 2.42. The van der Waals surface area contributed by atoms with Gasteiger partial charge in [-0.15, -0.1) is 11.8 Å².